The van der Waals surface area contributed by atoms with Gasteiger partial charge >= 0.3 is 17.3 Å². The number of pyridine rings is 1. The Labute approximate surface area is 220 Å². The van der Waals surface area contributed by atoms with Crippen LogP contribution in [0, 0.1) is 5.95 Å². The second kappa shape index (κ2) is 11.7. The first-order valence-electron chi connectivity index (χ1n) is 11.5. The summed E-state index contributed by atoms with van der Waals surface area (Å²) in [7, 11) is 1.23. The Hall–Kier alpha value is -4.51. The highest BCUT2D eigenvalue weighted by atomic mass is 35.5. The van der Waals surface area contributed by atoms with Crippen LogP contribution in [-0.2, 0) is 16.1 Å². The molecule has 0 amide bonds. The van der Waals surface area contributed by atoms with E-state index in [0.29, 0.717) is 16.5 Å². The van der Waals surface area contributed by atoms with Crippen LogP contribution in [0.15, 0.2) is 81.3 Å². The summed E-state index contributed by atoms with van der Waals surface area (Å²) in [6.07, 6.45) is -0.168. The average Bonchev–Trinajstić information content (AvgIpc) is 2.88. The maximum Gasteiger partial charge on any atom is 0.335 e. The number of aromatic amines is 1. The Morgan fingerprint density at radius 3 is 2.47 bits per heavy atom. The third-order valence-electron chi connectivity index (χ3n) is 5.50. The summed E-state index contributed by atoms with van der Waals surface area (Å²) in [4.78, 5) is 48.9. The summed E-state index contributed by atoms with van der Waals surface area (Å²) in [6, 6.07) is 16.7. The van der Waals surface area contributed by atoms with Crippen LogP contribution in [-0.4, -0.2) is 32.2 Å². The van der Waals surface area contributed by atoms with Gasteiger partial charge in [0.15, 0.2) is 0 Å². The molecule has 12 heteroatoms. The van der Waals surface area contributed by atoms with Crippen LogP contribution in [0.5, 0.6) is 11.6 Å². The number of hydrogen-bond donors (Lipinski definition) is 1. The molecule has 0 saturated carbocycles. The predicted molar refractivity (Wildman–Crippen MR) is 137 cm³/mol. The van der Waals surface area contributed by atoms with E-state index in [1.807, 2.05) is 0 Å². The van der Waals surface area contributed by atoms with Crippen LogP contribution < -0.4 is 21.7 Å². The van der Waals surface area contributed by atoms with Crippen molar-refractivity contribution in [1.29, 1.82) is 0 Å². The third kappa shape index (κ3) is 6.43. The summed E-state index contributed by atoms with van der Waals surface area (Å²) in [5.74, 6) is -0.752. The van der Waals surface area contributed by atoms with Gasteiger partial charge in [0, 0.05) is 11.1 Å². The van der Waals surface area contributed by atoms with E-state index in [4.69, 9.17) is 16.3 Å². The van der Waals surface area contributed by atoms with Crippen LogP contribution >= 0.6 is 11.6 Å². The van der Waals surface area contributed by atoms with Crippen molar-refractivity contribution in [2.24, 2.45) is 4.99 Å². The molecule has 2 aromatic carbocycles. The minimum absolute atomic E-state index is 0.00284. The van der Waals surface area contributed by atoms with E-state index in [1.165, 1.54) is 29.9 Å². The lowest BCUT2D eigenvalue weighted by atomic mass is 10.2. The lowest BCUT2D eigenvalue weighted by Crippen LogP contribution is -2.51. The largest absolute Gasteiger partial charge is 0.469 e. The maximum atomic E-state index is 13.5. The van der Waals surface area contributed by atoms with Gasteiger partial charge in [-0.3, -0.25) is 14.3 Å². The van der Waals surface area contributed by atoms with E-state index in [-0.39, 0.29) is 24.5 Å². The van der Waals surface area contributed by atoms with Gasteiger partial charge in [-0.1, -0.05) is 29.8 Å². The van der Waals surface area contributed by atoms with Gasteiger partial charge in [-0.15, -0.1) is 0 Å². The molecule has 38 heavy (non-hydrogen) atoms. The number of nitrogens with zero attached hydrogens (tertiary/aromatic N) is 4. The van der Waals surface area contributed by atoms with Crippen molar-refractivity contribution in [3.8, 4) is 11.6 Å². The first-order valence-corrected chi connectivity index (χ1v) is 11.8. The standard InChI is InChI=1S/C26H23ClFN5O5/c1-16(14-23(34)37-2)33-25(35)31-24(32(26(33)36)15-17-6-8-18(27)9-7-17)29-19-10-12-20(13-11-19)38-22-5-3-4-21(28)30-22/h3-13,16H,14-15H2,1-2H3,(H,29,31,35)/t16-/m1/s1. The highest BCUT2D eigenvalue weighted by molar-refractivity contribution is 6.30. The van der Waals surface area contributed by atoms with Crippen molar-refractivity contribution < 1.29 is 18.7 Å². The van der Waals surface area contributed by atoms with E-state index >= 15 is 0 Å². The maximum absolute atomic E-state index is 13.5. The molecule has 2 heterocycles. The fraction of sp³-hybridized carbons (Fsp3) is 0.192. The van der Waals surface area contributed by atoms with Crippen molar-refractivity contribution >= 4 is 23.3 Å². The summed E-state index contributed by atoms with van der Waals surface area (Å²) >= 11 is 5.99. The lowest BCUT2D eigenvalue weighted by Gasteiger charge is -2.15. The smallest absolute Gasteiger partial charge is 0.335 e. The molecular formula is C26H23ClFN5O5. The average molecular weight is 540 g/mol. The quantitative estimate of drug-likeness (QED) is 0.269. The minimum Gasteiger partial charge on any atom is -0.469 e. The van der Waals surface area contributed by atoms with Crippen LogP contribution in [0.2, 0.25) is 5.02 Å². The van der Waals surface area contributed by atoms with E-state index < -0.39 is 29.3 Å². The predicted octanol–water partition coefficient (Wildman–Crippen LogP) is 3.72. The molecule has 10 nitrogen and oxygen atoms in total. The number of hydrogen-bond acceptors (Lipinski definition) is 7. The molecule has 0 unspecified atom stereocenters. The molecule has 0 fully saturated rings. The zero-order valence-electron chi connectivity index (χ0n) is 20.4. The summed E-state index contributed by atoms with van der Waals surface area (Å²) in [5, 5.41) is 0.532. The SMILES string of the molecule is COC(=O)C[C@@H](C)n1c(=O)[nH]/c(=N\c2ccc(Oc3cccc(F)n3)cc2)n(Cc2ccc(Cl)cc2)c1=O. The van der Waals surface area contributed by atoms with Crippen LogP contribution in [0.1, 0.15) is 24.9 Å². The van der Waals surface area contributed by atoms with Crippen LogP contribution in [0.25, 0.3) is 0 Å². The normalized spacial score (nSPS) is 12.3. The van der Waals surface area contributed by atoms with Gasteiger partial charge in [-0.2, -0.15) is 9.37 Å². The molecule has 4 rings (SSSR count). The Morgan fingerprint density at radius 2 is 1.82 bits per heavy atom. The zero-order chi connectivity index (χ0) is 27.2. The van der Waals surface area contributed by atoms with Gasteiger partial charge in [0.05, 0.1) is 31.8 Å². The second-order valence-electron chi connectivity index (χ2n) is 8.25. The molecule has 0 aliphatic heterocycles. The van der Waals surface area contributed by atoms with E-state index in [1.54, 1.807) is 55.5 Å². The molecule has 0 bridgehead atoms. The number of rotatable bonds is 8. The molecule has 0 aliphatic rings. The van der Waals surface area contributed by atoms with Gasteiger partial charge < -0.3 is 9.47 Å². The number of ether oxygens (including phenoxy) is 2. The summed E-state index contributed by atoms with van der Waals surface area (Å²) in [6.45, 7) is 1.65. The van der Waals surface area contributed by atoms with E-state index in [2.05, 4.69) is 19.7 Å². The third-order valence-corrected chi connectivity index (χ3v) is 5.75. The van der Waals surface area contributed by atoms with E-state index in [9.17, 15) is 18.8 Å². The van der Waals surface area contributed by atoms with Gasteiger partial charge in [0.1, 0.15) is 5.75 Å². The molecule has 1 N–H and O–H groups in total. The summed E-state index contributed by atoms with van der Waals surface area (Å²) < 4.78 is 25.8. The number of esters is 1. The number of aromatic nitrogens is 4. The van der Waals surface area contributed by atoms with E-state index in [0.717, 1.165) is 10.1 Å². The minimum atomic E-state index is -0.767. The van der Waals surface area contributed by atoms with Gasteiger partial charge in [0.2, 0.25) is 17.4 Å². The fourth-order valence-electron chi connectivity index (χ4n) is 3.62. The second-order valence-corrected chi connectivity index (χ2v) is 8.69. The van der Waals surface area contributed by atoms with Crippen molar-refractivity contribution in [2.45, 2.75) is 25.9 Å². The topological polar surface area (TPSA) is 121 Å². The van der Waals surface area contributed by atoms with Gasteiger partial charge in [-0.05, 0) is 55.0 Å². The monoisotopic (exact) mass is 539 g/mol. The summed E-state index contributed by atoms with van der Waals surface area (Å²) in [5.41, 5.74) is -0.245. The number of methoxy groups -OCH3 is 1. The number of nitrogens with one attached hydrogen (secondary N) is 1. The first-order chi connectivity index (χ1) is 18.2. The Bertz CT molecular complexity index is 1630. The number of carbonyl (C=O) groups is 1. The number of benzene rings is 2. The van der Waals surface area contributed by atoms with Crippen molar-refractivity contribution in [3.63, 3.8) is 0 Å². The molecular weight excluding hydrogens is 517 g/mol. The Morgan fingerprint density at radius 1 is 1.11 bits per heavy atom. The number of carbonyl (C=O) groups excluding carboxylic acids is 1. The molecule has 2 aromatic heterocycles. The van der Waals surface area contributed by atoms with Gasteiger partial charge in [0.25, 0.3) is 0 Å². The van der Waals surface area contributed by atoms with Crippen LogP contribution in [0.3, 0.4) is 0 Å². The number of halogens is 2. The molecule has 1 atom stereocenters. The molecule has 0 aliphatic carbocycles. The zero-order valence-corrected chi connectivity index (χ0v) is 21.2. The fourth-order valence-corrected chi connectivity index (χ4v) is 3.74. The number of H-pyrrole nitrogens is 1. The molecule has 0 spiro atoms. The molecule has 0 saturated heterocycles. The Kier molecular flexibility index (Phi) is 8.17. The molecule has 196 valence electrons. The van der Waals surface area contributed by atoms with Gasteiger partial charge in [-0.25, -0.2) is 19.1 Å². The highest BCUT2D eigenvalue weighted by Gasteiger charge is 2.18. The first kappa shape index (κ1) is 26.6. The molecule has 0 radical (unpaired) electrons. The highest BCUT2D eigenvalue weighted by Crippen LogP contribution is 2.22. The van der Waals surface area contributed by atoms with Crippen molar-refractivity contribution in [1.82, 2.24) is 19.1 Å². The lowest BCUT2D eigenvalue weighted by molar-refractivity contribution is -0.141. The van der Waals surface area contributed by atoms with Crippen LogP contribution in [0.4, 0.5) is 10.1 Å². The Balaban J connectivity index is 1.75. The van der Waals surface area contributed by atoms with Crippen molar-refractivity contribution in [2.75, 3.05) is 7.11 Å². The molecule has 4 aromatic rings. The van der Waals surface area contributed by atoms with Crippen molar-refractivity contribution in [3.05, 3.63) is 110 Å².